The highest BCUT2D eigenvalue weighted by atomic mass is 32.1. The van der Waals surface area contributed by atoms with Crippen LogP contribution in [0, 0.1) is 0 Å². The molecule has 0 aliphatic heterocycles. The highest BCUT2D eigenvalue weighted by Gasteiger charge is 2.34. The maximum absolute atomic E-state index is 11.9. The van der Waals surface area contributed by atoms with Crippen molar-refractivity contribution in [3.8, 4) is 10.7 Å². The number of H-pyrrole nitrogens is 1. The SMILES string of the molecule is CCOC(=O)C(C)(C)c1csc(-c2ccn[nH]2)n1. The van der Waals surface area contributed by atoms with Gasteiger partial charge in [0.05, 0.1) is 18.0 Å². The molecule has 0 aliphatic rings. The number of aromatic nitrogens is 3. The van der Waals surface area contributed by atoms with E-state index in [9.17, 15) is 4.79 Å². The largest absolute Gasteiger partial charge is 0.465 e. The average Bonchev–Trinajstić information content (AvgIpc) is 3.00. The lowest BCUT2D eigenvalue weighted by Gasteiger charge is -2.19. The molecule has 2 aromatic heterocycles. The van der Waals surface area contributed by atoms with E-state index < -0.39 is 5.41 Å². The lowest BCUT2D eigenvalue weighted by atomic mass is 9.90. The van der Waals surface area contributed by atoms with Crippen LogP contribution < -0.4 is 0 Å². The molecule has 5 nitrogen and oxygen atoms in total. The molecule has 96 valence electrons. The van der Waals surface area contributed by atoms with Gasteiger partial charge in [0.2, 0.25) is 0 Å². The molecule has 0 spiro atoms. The summed E-state index contributed by atoms with van der Waals surface area (Å²) >= 11 is 1.48. The van der Waals surface area contributed by atoms with Crippen molar-refractivity contribution in [2.24, 2.45) is 0 Å². The Morgan fingerprint density at radius 1 is 1.56 bits per heavy atom. The fourth-order valence-corrected chi connectivity index (χ4v) is 2.44. The summed E-state index contributed by atoms with van der Waals surface area (Å²) in [5, 5.41) is 9.44. The van der Waals surface area contributed by atoms with Gasteiger partial charge in [-0.3, -0.25) is 9.89 Å². The molecule has 1 N–H and O–H groups in total. The van der Waals surface area contributed by atoms with Crippen molar-refractivity contribution >= 4 is 17.3 Å². The number of hydrogen-bond donors (Lipinski definition) is 1. The van der Waals surface area contributed by atoms with Crippen LogP contribution in [-0.4, -0.2) is 27.8 Å². The van der Waals surface area contributed by atoms with Gasteiger partial charge in [0.15, 0.2) is 0 Å². The minimum absolute atomic E-state index is 0.258. The fourth-order valence-electron chi connectivity index (χ4n) is 1.48. The Kier molecular flexibility index (Phi) is 3.47. The molecule has 0 aromatic carbocycles. The zero-order valence-corrected chi connectivity index (χ0v) is 11.4. The van der Waals surface area contributed by atoms with E-state index >= 15 is 0 Å². The molecule has 0 unspecified atom stereocenters. The molecule has 0 saturated carbocycles. The zero-order chi connectivity index (χ0) is 13.2. The van der Waals surface area contributed by atoms with Gasteiger partial charge in [-0.05, 0) is 26.8 Å². The Labute approximate surface area is 109 Å². The first kappa shape index (κ1) is 12.8. The summed E-state index contributed by atoms with van der Waals surface area (Å²) in [5.74, 6) is -0.258. The van der Waals surface area contributed by atoms with Gasteiger partial charge in [0.25, 0.3) is 0 Å². The molecule has 0 saturated heterocycles. The Balaban J connectivity index is 2.27. The summed E-state index contributed by atoms with van der Waals surface area (Å²) in [6.07, 6.45) is 1.67. The summed E-state index contributed by atoms with van der Waals surface area (Å²) in [6.45, 7) is 5.80. The molecule has 2 aromatic rings. The normalized spacial score (nSPS) is 11.5. The van der Waals surface area contributed by atoms with E-state index in [0.29, 0.717) is 6.61 Å². The van der Waals surface area contributed by atoms with Crippen LogP contribution in [-0.2, 0) is 14.9 Å². The van der Waals surface area contributed by atoms with E-state index in [0.717, 1.165) is 16.4 Å². The number of nitrogens with zero attached hydrogens (tertiary/aromatic N) is 2. The lowest BCUT2D eigenvalue weighted by Crippen LogP contribution is -2.31. The van der Waals surface area contributed by atoms with E-state index in [1.165, 1.54) is 11.3 Å². The van der Waals surface area contributed by atoms with Crippen LogP contribution in [0.5, 0.6) is 0 Å². The number of esters is 1. The summed E-state index contributed by atoms with van der Waals surface area (Å²) in [4.78, 5) is 16.4. The molecule has 0 bridgehead atoms. The summed E-state index contributed by atoms with van der Waals surface area (Å²) in [7, 11) is 0. The second-order valence-corrected chi connectivity index (χ2v) is 5.21. The second-order valence-electron chi connectivity index (χ2n) is 4.35. The van der Waals surface area contributed by atoms with E-state index in [1.54, 1.807) is 13.1 Å². The van der Waals surface area contributed by atoms with Crippen LogP contribution in [0.25, 0.3) is 10.7 Å². The van der Waals surface area contributed by atoms with Crippen LogP contribution in [0.4, 0.5) is 0 Å². The fraction of sp³-hybridized carbons (Fsp3) is 0.417. The van der Waals surface area contributed by atoms with Crippen molar-refractivity contribution in [2.75, 3.05) is 6.61 Å². The van der Waals surface area contributed by atoms with Gasteiger partial charge in [-0.25, -0.2) is 4.98 Å². The predicted molar refractivity (Wildman–Crippen MR) is 69.4 cm³/mol. The highest BCUT2D eigenvalue weighted by molar-refractivity contribution is 7.13. The zero-order valence-electron chi connectivity index (χ0n) is 10.6. The molecule has 0 aliphatic carbocycles. The molecular weight excluding hydrogens is 250 g/mol. The van der Waals surface area contributed by atoms with Crippen molar-refractivity contribution < 1.29 is 9.53 Å². The second kappa shape index (κ2) is 4.89. The Morgan fingerprint density at radius 3 is 2.94 bits per heavy atom. The van der Waals surface area contributed by atoms with Crippen LogP contribution in [0.3, 0.4) is 0 Å². The molecule has 0 atom stereocenters. The number of carbonyl (C=O) groups excluding carboxylic acids is 1. The number of aromatic amines is 1. The molecular formula is C12H15N3O2S. The third-order valence-electron chi connectivity index (χ3n) is 2.66. The lowest BCUT2D eigenvalue weighted by molar-refractivity contribution is -0.148. The summed E-state index contributed by atoms with van der Waals surface area (Å²) in [6, 6.07) is 1.85. The molecule has 18 heavy (non-hydrogen) atoms. The first-order valence-corrected chi connectivity index (χ1v) is 6.56. The molecule has 0 amide bonds. The van der Waals surface area contributed by atoms with Crippen molar-refractivity contribution in [1.82, 2.24) is 15.2 Å². The molecule has 2 rings (SSSR count). The van der Waals surface area contributed by atoms with Gasteiger partial charge in [0, 0.05) is 11.6 Å². The number of thiazole rings is 1. The van der Waals surface area contributed by atoms with Gasteiger partial charge < -0.3 is 4.74 Å². The molecule has 0 radical (unpaired) electrons. The van der Waals surface area contributed by atoms with Gasteiger partial charge in [-0.1, -0.05) is 0 Å². The van der Waals surface area contributed by atoms with Crippen LogP contribution in [0.2, 0.25) is 0 Å². The minimum Gasteiger partial charge on any atom is -0.465 e. The van der Waals surface area contributed by atoms with Gasteiger partial charge >= 0.3 is 5.97 Å². The number of rotatable bonds is 4. The first-order chi connectivity index (χ1) is 8.55. The van der Waals surface area contributed by atoms with Gasteiger partial charge in [-0.15, -0.1) is 11.3 Å². The Bertz CT molecular complexity index is 531. The van der Waals surface area contributed by atoms with E-state index in [1.807, 2.05) is 25.3 Å². The van der Waals surface area contributed by atoms with Gasteiger partial charge in [0.1, 0.15) is 10.4 Å². The summed E-state index contributed by atoms with van der Waals surface area (Å²) in [5.41, 5.74) is 0.839. The number of carbonyl (C=O) groups is 1. The molecule has 0 fully saturated rings. The van der Waals surface area contributed by atoms with E-state index in [4.69, 9.17) is 4.74 Å². The van der Waals surface area contributed by atoms with E-state index in [2.05, 4.69) is 15.2 Å². The standard InChI is InChI=1S/C12H15N3O2S/c1-4-17-11(16)12(2,3)9-7-18-10(14-9)8-5-6-13-15-8/h5-7H,4H2,1-3H3,(H,13,15). The van der Waals surface area contributed by atoms with E-state index in [-0.39, 0.29) is 5.97 Å². The predicted octanol–water partition coefficient (Wildman–Crippen LogP) is 2.37. The number of ether oxygens (including phenoxy) is 1. The average molecular weight is 265 g/mol. The topological polar surface area (TPSA) is 67.9 Å². The van der Waals surface area contributed by atoms with Gasteiger partial charge in [-0.2, -0.15) is 5.10 Å². The smallest absolute Gasteiger partial charge is 0.317 e. The third kappa shape index (κ3) is 2.28. The monoisotopic (exact) mass is 265 g/mol. The van der Waals surface area contributed by atoms with Crippen molar-refractivity contribution in [3.63, 3.8) is 0 Å². The molecule has 2 heterocycles. The van der Waals surface area contributed by atoms with Crippen LogP contribution in [0.1, 0.15) is 26.5 Å². The Hall–Kier alpha value is -1.69. The minimum atomic E-state index is -0.731. The van der Waals surface area contributed by atoms with Crippen LogP contribution >= 0.6 is 11.3 Å². The first-order valence-electron chi connectivity index (χ1n) is 5.68. The summed E-state index contributed by atoms with van der Waals surface area (Å²) < 4.78 is 5.07. The third-order valence-corrected chi connectivity index (χ3v) is 3.54. The van der Waals surface area contributed by atoms with Crippen molar-refractivity contribution in [1.29, 1.82) is 0 Å². The van der Waals surface area contributed by atoms with Crippen molar-refractivity contribution in [2.45, 2.75) is 26.2 Å². The number of hydrogen-bond acceptors (Lipinski definition) is 5. The van der Waals surface area contributed by atoms with Crippen LogP contribution in [0.15, 0.2) is 17.6 Å². The molecule has 6 heteroatoms. The quantitative estimate of drug-likeness (QED) is 0.862. The maximum atomic E-state index is 11.9. The highest BCUT2D eigenvalue weighted by Crippen LogP contribution is 2.30. The number of nitrogens with one attached hydrogen (secondary N) is 1. The Morgan fingerprint density at radius 2 is 2.33 bits per heavy atom. The maximum Gasteiger partial charge on any atom is 0.317 e. The van der Waals surface area contributed by atoms with Crippen molar-refractivity contribution in [3.05, 3.63) is 23.3 Å².